The van der Waals surface area contributed by atoms with E-state index < -0.39 is 59.9 Å². The Kier molecular flexibility index (Phi) is 41.1. The number of nitrogens with one attached hydrogen (secondary N) is 1. The van der Waals surface area contributed by atoms with Gasteiger partial charge in [0.05, 0.1) is 19.6 Å². The fraction of sp³-hybridized carbons (Fsp3) is 0.731. The van der Waals surface area contributed by atoms with Crippen LogP contribution in [-0.4, -0.2) is 128 Å². The van der Waals surface area contributed by atoms with Crippen molar-refractivity contribution in [2.45, 2.75) is 78.6 Å². The van der Waals surface area contributed by atoms with Gasteiger partial charge in [-0.2, -0.15) is 0 Å². The summed E-state index contributed by atoms with van der Waals surface area (Å²) in [6.45, 7) is 10.7. The maximum absolute atomic E-state index is 10.1. The largest absolute Gasteiger partial charge is 0.480 e. The molecule has 0 spiro atoms. The molecule has 0 aliphatic carbocycles. The minimum atomic E-state index is -0.968. The van der Waals surface area contributed by atoms with E-state index in [0.717, 1.165) is 19.4 Å². The van der Waals surface area contributed by atoms with Gasteiger partial charge < -0.3 is 75.5 Å². The number of nitrogens with two attached hydrogens (primary N) is 6. The molecular formula is C26H57N7O14. The molecule has 1 heterocycles. The van der Waals surface area contributed by atoms with Gasteiger partial charge in [0.2, 0.25) is 0 Å². The summed E-state index contributed by atoms with van der Waals surface area (Å²) in [4.78, 5) is 67.9. The predicted molar refractivity (Wildman–Crippen MR) is 170 cm³/mol. The number of hydrogen-bond donors (Lipinski definition) is 14. The lowest BCUT2D eigenvalue weighted by Gasteiger charge is -2.07. The Labute approximate surface area is 273 Å². The van der Waals surface area contributed by atoms with E-state index in [9.17, 15) is 33.6 Å². The van der Waals surface area contributed by atoms with E-state index in [2.05, 4.69) is 22.5 Å². The Morgan fingerprint density at radius 3 is 0.809 bits per heavy atom. The topological polar surface area (TPSA) is 429 Å². The highest BCUT2D eigenvalue weighted by Crippen LogP contribution is 2.03. The molecule has 0 bridgehead atoms. The Balaban J connectivity index is -0.000000106. The van der Waals surface area contributed by atoms with Gasteiger partial charge in [0, 0.05) is 0 Å². The van der Waals surface area contributed by atoms with E-state index in [1.54, 1.807) is 41.5 Å². The number of carboxylic acids is 7. The molecular weight excluding hydrogens is 634 g/mol. The van der Waals surface area contributed by atoms with Gasteiger partial charge in [-0.3, -0.25) is 33.6 Å². The van der Waals surface area contributed by atoms with Crippen LogP contribution in [0, 0.1) is 17.8 Å². The summed E-state index contributed by atoms with van der Waals surface area (Å²) in [6.07, 6.45) is 1.78. The van der Waals surface area contributed by atoms with Crippen LogP contribution in [0.25, 0.3) is 0 Å². The van der Waals surface area contributed by atoms with E-state index >= 15 is 0 Å². The van der Waals surface area contributed by atoms with Gasteiger partial charge in [0.1, 0.15) is 24.2 Å². The van der Waals surface area contributed by atoms with Crippen LogP contribution in [-0.2, 0) is 33.6 Å². The van der Waals surface area contributed by atoms with Gasteiger partial charge >= 0.3 is 41.8 Å². The van der Waals surface area contributed by atoms with Crippen LogP contribution in [0.15, 0.2) is 0 Å². The van der Waals surface area contributed by atoms with Crippen molar-refractivity contribution in [3.8, 4) is 0 Å². The van der Waals surface area contributed by atoms with E-state index in [4.69, 9.17) is 52.9 Å². The molecule has 21 nitrogen and oxygen atoms in total. The average Bonchev–Trinajstić information content (AvgIpc) is 3.53. The van der Waals surface area contributed by atoms with Crippen molar-refractivity contribution >= 4 is 41.8 Å². The fourth-order valence-electron chi connectivity index (χ4n) is 1.75. The fourth-order valence-corrected chi connectivity index (χ4v) is 1.75. The standard InChI is InChI=1S/C5H9NO2.3C5H11NO2.3C2H5NO2/c7-5(8)4-2-1-3-6-4;3*1-3(2)4(6)5(7)8;3*3-1-2(4)5/h4,6H,1-3H2,(H,7,8);3*3-4H,6H2,1-2H3,(H,7,8);3*1,3H2,(H,4,5)/t4-;;;;;;/m0....../s1. The zero-order chi connectivity index (χ0) is 39.0. The minimum Gasteiger partial charge on any atom is -0.480 e. The lowest BCUT2D eigenvalue weighted by Crippen LogP contribution is -2.34. The molecule has 0 aromatic heterocycles. The average molecular weight is 692 g/mol. The Hall–Kier alpha value is -3.99. The smallest absolute Gasteiger partial charge is 0.320 e. The number of carboxylic acid groups (broad SMARTS) is 7. The number of aliphatic carboxylic acids is 7. The summed E-state index contributed by atoms with van der Waals surface area (Å²) < 4.78 is 0. The van der Waals surface area contributed by atoms with Gasteiger partial charge in [-0.1, -0.05) is 41.5 Å². The maximum Gasteiger partial charge on any atom is 0.320 e. The molecule has 0 saturated carbocycles. The molecule has 1 saturated heterocycles. The highest BCUT2D eigenvalue weighted by atomic mass is 16.4. The van der Waals surface area contributed by atoms with Crippen LogP contribution >= 0.6 is 0 Å². The first-order chi connectivity index (χ1) is 21.3. The van der Waals surface area contributed by atoms with Crippen molar-refractivity contribution in [2.75, 3.05) is 26.2 Å². The molecule has 1 aliphatic heterocycles. The second-order valence-corrected chi connectivity index (χ2v) is 10.1. The van der Waals surface area contributed by atoms with E-state index in [0.29, 0.717) is 0 Å². The maximum atomic E-state index is 10.1. The summed E-state index contributed by atoms with van der Waals surface area (Å²) in [5, 5.41) is 58.7. The van der Waals surface area contributed by atoms with Crippen LogP contribution in [0.5, 0.6) is 0 Å². The third-order valence-electron chi connectivity index (χ3n) is 4.89. The lowest BCUT2D eigenvalue weighted by molar-refractivity contribution is -0.140. The SMILES string of the molecule is CC(C)C(N)C(=O)O.CC(C)C(N)C(=O)O.CC(C)C(N)C(=O)O.NCC(=O)O.NCC(=O)O.NCC(=O)O.O=C(O)[C@@H]1CCCN1. The summed E-state index contributed by atoms with van der Waals surface area (Å²) >= 11 is 0. The van der Waals surface area contributed by atoms with E-state index in [1.807, 2.05) is 0 Å². The predicted octanol–water partition coefficient (Wildman–Crippen LogP) is -2.93. The summed E-state index contributed by atoms with van der Waals surface area (Å²) in [5.41, 5.74) is 29.2. The van der Waals surface area contributed by atoms with E-state index in [-0.39, 0.29) is 43.4 Å². The molecule has 0 amide bonds. The molecule has 1 aliphatic rings. The summed E-state index contributed by atoms with van der Waals surface area (Å²) in [7, 11) is 0. The molecule has 21 heteroatoms. The molecule has 0 aromatic carbocycles. The van der Waals surface area contributed by atoms with Crippen molar-refractivity contribution < 1.29 is 69.3 Å². The Morgan fingerprint density at radius 1 is 0.553 bits per heavy atom. The minimum absolute atomic E-state index is 0.0208. The zero-order valence-corrected chi connectivity index (χ0v) is 27.7. The molecule has 47 heavy (non-hydrogen) atoms. The van der Waals surface area contributed by atoms with Gasteiger partial charge in [-0.15, -0.1) is 0 Å². The van der Waals surface area contributed by atoms with Crippen LogP contribution in [0.3, 0.4) is 0 Å². The second kappa shape index (κ2) is 34.9. The first kappa shape index (κ1) is 55.4. The molecule has 280 valence electrons. The Morgan fingerprint density at radius 2 is 0.766 bits per heavy atom. The first-order valence-electron chi connectivity index (χ1n) is 13.9. The molecule has 3 unspecified atom stereocenters. The molecule has 20 N–H and O–H groups in total. The number of carbonyl (C=O) groups is 7. The van der Waals surface area contributed by atoms with Crippen molar-refractivity contribution in [1.82, 2.24) is 5.32 Å². The van der Waals surface area contributed by atoms with Gasteiger partial charge in [-0.25, -0.2) is 0 Å². The van der Waals surface area contributed by atoms with Crippen molar-refractivity contribution in [3.05, 3.63) is 0 Å². The van der Waals surface area contributed by atoms with Crippen LogP contribution in [0.4, 0.5) is 0 Å². The molecule has 1 rings (SSSR count). The Bertz CT molecular complexity index is 774. The van der Waals surface area contributed by atoms with Crippen LogP contribution in [0.1, 0.15) is 54.4 Å². The normalized spacial score (nSPS) is 14.3. The number of hydrogen-bond acceptors (Lipinski definition) is 14. The van der Waals surface area contributed by atoms with Crippen LogP contribution < -0.4 is 39.7 Å². The summed E-state index contributed by atoms with van der Waals surface area (Å²) in [5.74, 6) is -6.35. The summed E-state index contributed by atoms with van der Waals surface area (Å²) in [6, 6.07) is -2.41. The van der Waals surface area contributed by atoms with Gasteiger partial charge in [0.15, 0.2) is 0 Å². The van der Waals surface area contributed by atoms with Crippen molar-refractivity contribution in [2.24, 2.45) is 52.2 Å². The molecule has 0 aromatic rings. The third kappa shape index (κ3) is 49.1. The van der Waals surface area contributed by atoms with E-state index in [1.165, 1.54) is 0 Å². The van der Waals surface area contributed by atoms with Gasteiger partial charge in [0.25, 0.3) is 0 Å². The second-order valence-electron chi connectivity index (χ2n) is 10.1. The monoisotopic (exact) mass is 691 g/mol. The lowest BCUT2D eigenvalue weighted by atomic mass is 10.1. The van der Waals surface area contributed by atoms with Crippen molar-refractivity contribution in [3.63, 3.8) is 0 Å². The molecule has 0 radical (unpaired) electrons. The van der Waals surface area contributed by atoms with Crippen molar-refractivity contribution in [1.29, 1.82) is 0 Å². The van der Waals surface area contributed by atoms with Gasteiger partial charge in [-0.05, 0) is 37.1 Å². The molecule has 1 fully saturated rings. The first-order valence-corrected chi connectivity index (χ1v) is 13.9. The number of rotatable bonds is 10. The quantitative estimate of drug-likeness (QED) is 0.109. The zero-order valence-electron chi connectivity index (χ0n) is 27.7. The highest BCUT2D eigenvalue weighted by molar-refractivity contribution is 5.74. The molecule has 4 atom stereocenters. The highest BCUT2D eigenvalue weighted by Gasteiger charge is 2.20. The van der Waals surface area contributed by atoms with Crippen LogP contribution in [0.2, 0.25) is 0 Å². The third-order valence-corrected chi connectivity index (χ3v) is 4.89.